The van der Waals surface area contributed by atoms with Gasteiger partial charge in [0, 0.05) is 43.0 Å². The van der Waals surface area contributed by atoms with Gasteiger partial charge in [0.15, 0.2) is 17.3 Å². The van der Waals surface area contributed by atoms with E-state index in [1.807, 2.05) is 24.3 Å². The van der Waals surface area contributed by atoms with E-state index < -0.39 is 0 Å². The number of H-pyrrole nitrogens is 1. The molecule has 8 nitrogen and oxygen atoms in total. The van der Waals surface area contributed by atoms with Gasteiger partial charge in [-0.15, -0.1) is 0 Å². The summed E-state index contributed by atoms with van der Waals surface area (Å²) < 4.78 is 5.62. The molecular weight excluding hydrogens is 452 g/mol. The van der Waals surface area contributed by atoms with E-state index in [2.05, 4.69) is 46.4 Å². The predicted molar refractivity (Wildman–Crippen MR) is 143 cm³/mol. The molecule has 0 saturated heterocycles. The zero-order valence-corrected chi connectivity index (χ0v) is 20.8. The summed E-state index contributed by atoms with van der Waals surface area (Å²) in [4.78, 5) is 24.5. The number of nitrogens with two attached hydrogens (primary N) is 1. The Morgan fingerprint density at radius 3 is 2.69 bits per heavy atom. The Morgan fingerprint density at radius 2 is 1.97 bits per heavy atom. The second-order valence-corrected chi connectivity index (χ2v) is 9.48. The molecule has 5 rings (SSSR count). The maximum atomic E-state index is 12.5. The van der Waals surface area contributed by atoms with Gasteiger partial charge in [0.1, 0.15) is 5.69 Å². The molecule has 0 bridgehead atoms. The summed E-state index contributed by atoms with van der Waals surface area (Å²) >= 11 is 0. The van der Waals surface area contributed by atoms with Crippen molar-refractivity contribution in [1.29, 1.82) is 0 Å². The Morgan fingerprint density at radius 1 is 1.17 bits per heavy atom. The lowest BCUT2D eigenvalue weighted by atomic mass is 9.92. The molecule has 3 heterocycles. The quantitative estimate of drug-likeness (QED) is 0.269. The van der Waals surface area contributed by atoms with Crippen LogP contribution in [0.25, 0.3) is 34.0 Å². The first-order valence-corrected chi connectivity index (χ1v) is 12.7. The number of anilines is 1. The summed E-state index contributed by atoms with van der Waals surface area (Å²) in [5.41, 5.74) is 11.6. The van der Waals surface area contributed by atoms with Crippen LogP contribution in [0.1, 0.15) is 64.4 Å². The summed E-state index contributed by atoms with van der Waals surface area (Å²) in [5.74, 6) is 0.899. The average molecular weight is 487 g/mol. The number of rotatable bonds is 10. The van der Waals surface area contributed by atoms with Gasteiger partial charge < -0.3 is 20.6 Å². The van der Waals surface area contributed by atoms with Crippen LogP contribution < -0.4 is 16.6 Å². The first-order chi connectivity index (χ1) is 17.6. The molecule has 0 radical (unpaired) electrons. The van der Waals surface area contributed by atoms with Gasteiger partial charge in [-0.05, 0) is 43.2 Å². The molecular formula is C28H34N6O2. The van der Waals surface area contributed by atoms with Crippen molar-refractivity contribution in [2.75, 3.05) is 5.73 Å². The SMILES string of the molecule is CCCC(CC)c1cc(-c2cnc(N)c(-c3cc(-c4ccc(CNC5CC5)cc4)no3)n2)c[nH]c1=O.[HH]. The Hall–Kier alpha value is -3.78. The van der Waals surface area contributed by atoms with E-state index in [9.17, 15) is 4.79 Å². The van der Waals surface area contributed by atoms with Crippen LogP contribution in [0.2, 0.25) is 0 Å². The maximum absolute atomic E-state index is 12.5. The number of nitrogen functional groups attached to an aromatic ring is 1. The van der Waals surface area contributed by atoms with Crippen LogP contribution in [0, 0.1) is 0 Å². The van der Waals surface area contributed by atoms with E-state index in [1.54, 1.807) is 12.4 Å². The average Bonchev–Trinajstić information content (AvgIpc) is 3.61. The van der Waals surface area contributed by atoms with Gasteiger partial charge in [-0.25, -0.2) is 9.97 Å². The predicted octanol–water partition coefficient (Wildman–Crippen LogP) is 5.53. The number of hydrogen-bond acceptors (Lipinski definition) is 7. The molecule has 36 heavy (non-hydrogen) atoms. The lowest BCUT2D eigenvalue weighted by molar-refractivity contribution is 0.434. The summed E-state index contributed by atoms with van der Waals surface area (Å²) in [6, 6.07) is 12.7. The molecule has 4 N–H and O–H groups in total. The molecule has 1 aliphatic rings. The molecule has 1 saturated carbocycles. The summed E-state index contributed by atoms with van der Waals surface area (Å²) in [6.07, 6.45) is 8.70. The van der Waals surface area contributed by atoms with Crippen molar-refractivity contribution in [2.45, 2.75) is 64.5 Å². The van der Waals surface area contributed by atoms with Crippen molar-refractivity contribution in [3.8, 4) is 34.0 Å². The minimum atomic E-state index is -0.0584. The Bertz CT molecular complexity index is 1390. The van der Waals surface area contributed by atoms with Crippen molar-refractivity contribution >= 4 is 5.82 Å². The van der Waals surface area contributed by atoms with Crippen LogP contribution >= 0.6 is 0 Å². The van der Waals surface area contributed by atoms with Crippen LogP contribution in [0.5, 0.6) is 0 Å². The van der Waals surface area contributed by atoms with Gasteiger partial charge in [-0.2, -0.15) is 0 Å². The third kappa shape index (κ3) is 5.23. The Kier molecular flexibility index (Phi) is 6.95. The molecule has 0 aliphatic heterocycles. The van der Waals surface area contributed by atoms with Crippen LogP contribution in [-0.2, 0) is 6.54 Å². The van der Waals surface area contributed by atoms with Gasteiger partial charge in [-0.1, -0.05) is 49.7 Å². The van der Waals surface area contributed by atoms with Crippen molar-refractivity contribution in [3.05, 3.63) is 70.3 Å². The lowest BCUT2D eigenvalue weighted by Gasteiger charge is -2.14. The minimum Gasteiger partial charge on any atom is -0.382 e. The summed E-state index contributed by atoms with van der Waals surface area (Å²) in [6.45, 7) is 5.11. The maximum Gasteiger partial charge on any atom is 0.251 e. The second-order valence-electron chi connectivity index (χ2n) is 9.48. The normalized spacial score (nSPS) is 14.2. The van der Waals surface area contributed by atoms with Crippen LogP contribution in [-0.4, -0.2) is 26.2 Å². The van der Waals surface area contributed by atoms with Crippen LogP contribution in [0.3, 0.4) is 0 Å². The molecule has 8 heteroatoms. The fraction of sp³-hybridized carbons (Fsp3) is 0.357. The third-order valence-electron chi connectivity index (χ3n) is 6.76. The third-order valence-corrected chi connectivity index (χ3v) is 6.76. The monoisotopic (exact) mass is 486 g/mol. The molecule has 4 aromatic rings. The molecule has 0 spiro atoms. The highest BCUT2D eigenvalue weighted by atomic mass is 16.5. The van der Waals surface area contributed by atoms with E-state index >= 15 is 0 Å². The van der Waals surface area contributed by atoms with Gasteiger partial charge in [0.25, 0.3) is 5.56 Å². The summed E-state index contributed by atoms with van der Waals surface area (Å²) in [5, 5.41) is 7.76. The van der Waals surface area contributed by atoms with E-state index in [0.29, 0.717) is 28.9 Å². The molecule has 0 amide bonds. The van der Waals surface area contributed by atoms with Crippen molar-refractivity contribution in [3.63, 3.8) is 0 Å². The topological polar surface area (TPSA) is 123 Å². The van der Waals surface area contributed by atoms with Crippen molar-refractivity contribution in [2.24, 2.45) is 0 Å². The molecule has 1 aliphatic carbocycles. The van der Waals surface area contributed by atoms with E-state index in [-0.39, 0.29) is 18.7 Å². The fourth-order valence-corrected chi connectivity index (χ4v) is 4.47. The van der Waals surface area contributed by atoms with Crippen LogP contribution in [0.4, 0.5) is 5.82 Å². The highest BCUT2D eigenvalue weighted by Gasteiger charge is 2.20. The highest BCUT2D eigenvalue weighted by molar-refractivity contribution is 5.73. The van der Waals surface area contributed by atoms with E-state index in [1.165, 1.54) is 18.4 Å². The molecule has 1 atom stereocenters. The fourth-order valence-electron chi connectivity index (χ4n) is 4.47. The molecule has 188 valence electrons. The zero-order chi connectivity index (χ0) is 25.1. The number of aromatic amines is 1. The number of hydrogen-bond donors (Lipinski definition) is 3. The highest BCUT2D eigenvalue weighted by Crippen LogP contribution is 2.31. The number of pyridine rings is 1. The van der Waals surface area contributed by atoms with Gasteiger partial charge >= 0.3 is 0 Å². The van der Waals surface area contributed by atoms with Crippen molar-refractivity contribution in [1.82, 2.24) is 25.4 Å². The lowest BCUT2D eigenvalue weighted by Crippen LogP contribution is -2.16. The Balaban J connectivity index is 0.00000320. The number of nitrogens with zero attached hydrogens (tertiary/aromatic N) is 3. The van der Waals surface area contributed by atoms with Crippen LogP contribution in [0.15, 0.2) is 58.1 Å². The molecule has 3 aromatic heterocycles. The molecule has 1 fully saturated rings. The van der Waals surface area contributed by atoms with Gasteiger partial charge in [-0.3, -0.25) is 4.79 Å². The smallest absolute Gasteiger partial charge is 0.251 e. The number of nitrogens with one attached hydrogen (secondary N) is 2. The van der Waals surface area contributed by atoms with E-state index in [0.717, 1.165) is 42.5 Å². The van der Waals surface area contributed by atoms with Gasteiger partial charge in [0.2, 0.25) is 0 Å². The number of aromatic nitrogens is 4. The number of benzene rings is 1. The van der Waals surface area contributed by atoms with E-state index in [4.69, 9.17) is 15.2 Å². The Labute approximate surface area is 211 Å². The summed E-state index contributed by atoms with van der Waals surface area (Å²) in [7, 11) is 0. The van der Waals surface area contributed by atoms with Gasteiger partial charge in [0.05, 0.1) is 11.9 Å². The largest absolute Gasteiger partial charge is 0.382 e. The zero-order valence-electron chi connectivity index (χ0n) is 20.8. The minimum absolute atomic E-state index is 0. The first-order valence-electron chi connectivity index (χ1n) is 12.7. The first kappa shape index (κ1) is 23.9. The standard InChI is InChI=1S/C28H32N6O2.H2/c1-3-5-18(4-2)22-12-20(15-32-28(22)35)24-16-31-27(29)26(33-24)25-13-23(34-36-25)19-8-6-17(7-9-19)14-30-21-10-11-21;/h6-9,12-13,15-16,18,21,30H,3-5,10-11,14H2,1-2H3,(H2,29,31)(H,32,35);1H. The second kappa shape index (κ2) is 10.5. The van der Waals surface area contributed by atoms with Crippen molar-refractivity contribution < 1.29 is 5.95 Å². The molecule has 1 unspecified atom stereocenters. The molecule has 1 aromatic carbocycles.